The number of amides is 6. The molecule has 13 fully saturated rings. The van der Waals surface area contributed by atoms with Crippen LogP contribution in [0.5, 0.6) is 23.0 Å². The smallest absolute Gasteiger partial charge is 0.408 e. The van der Waals surface area contributed by atoms with Crippen molar-refractivity contribution >= 4 is 88.2 Å². The Labute approximate surface area is 580 Å². The lowest BCUT2D eigenvalue weighted by atomic mass is 9.44. The highest BCUT2D eigenvalue weighted by atomic mass is 35.5. The summed E-state index contributed by atoms with van der Waals surface area (Å²) < 4.78 is 37.1. The summed E-state index contributed by atoms with van der Waals surface area (Å²) in [5.41, 5.74) is 10.1. The van der Waals surface area contributed by atoms with Crippen molar-refractivity contribution in [1.82, 2.24) is 31.9 Å². The van der Waals surface area contributed by atoms with Crippen molar-refractivity contribution in [2.75, 3.05) is 33.0 Å². The van der Waals surface area contributed by atoms with Crippen molar-refractivity contribution in [3.63, 3.8) is 0 Å². The molecule has 17 rings (SSSR count). The third-order valence-electron chi connectivity index (χ3n) is 17.6. The number of halogens is 4. The van der Waals surface area contributed by atoms with Crippen LogP contribution in [0.25, 0.3) is 0 Å². The van der Waals surface area contributed by atoms with Crippen LogP contribution >= 0.6 is 46.4 Å². The van der Waals surface area contributed by atoms with Crippen LogP contribution < -0.4 is 62.3 Å². The summed E-state index contributed by atoms with van der Waals surface area (Å²) >= 11 is 23.0. The number of hydrogen-bond acceptors (Lipinski definition) is 16. The predicted octanol–water partition coefficient (Wildman–Crippen LogP) is 10.3. The first-order valence-electron chi connectivity index (χ1n) is 31.7. The molecule has 27 heteroatoms. The van der Waals surface area contributed by atoms with E-state index in [1.165, 1.54) is 6.42 Å². The van der Waals surface area contributed by atoms with Gasteiger partial charge in [0.05, 0.1) is 11.6 Å². The number of carboxylic acids is 1. The lowest BCUT2D eigenvalue weighted by Gasteiger charge is -2.70. The van der Waals surface area contributed by atoms with E-state index in [2.05, 4.69) is 31.9 Å². The van der Waals surface area contributed by atoms with Gasteiger partial charge in [-0.1, -0.05) is 53.8 Å². The van der Waals surface area contributed by atoms with Crippen molar-refractivity contribution in [1.29, 1.82) is 0 Å². The highest BCUT2D eigenvalue weighted by Gasteiger charge is 2.71. The first kappa shape index (κ1) is 74.8. The third kappa shape index (κ3) is 20.8. The number of alkyl carbamates (subject to hydrolysis) is 2. The molecule has 96 heavy (non-hydrogen) atoms. The van der Waals surface area contributed by atoms with Gasteiger partial charge in [-0.2, -0.15) is 0 Å². The Balaban J connectivity index is 0.000000158. The summed E-state index contributed by atoms with van der Waals surface area (Å²) in [5.74, 6) is 0.898. The first-order valence-corrected chi connectivity index (χ1v) is 33.2. The second-order valence-electron chi connectivity index (χ2n) is 29.2. The van der Waals surface area contributed by atoms with E-state index in [-0.39, 0.29) is 121 Å². The molecule has 6 amide bonds. The van der Waals surface area contributed by atoms with Crippen LogP contribution in [0.2, 0.25) is 20.1 Å². The molecule has 13 aliphatic rings. The van der Waals surface area contributed by atoms with Gasteiger partial charge in [0, 0.05) is 58.9 Å². The van der Waals surface area contributed by atoms with Crippen LogP contribution in [0, 0.1) is 0 Å². The van der Waals surface area contributed by atoms with E-state index >= 15 is 0 Å². The minimum Gasteiger partial charge on any atom is -0.484 e. The van der Waals surface area contributed by atoms with Crippen LogP contribution in [0.15, 0.2) is 97.1 Å². The van der Waals surface area contributed by atoms with Crippen molar-refractivity contribution in [3.8, 4) is 23.0 Å². The molecule has 13 saturated carbocycles. The number of benzene rings is 4. The van der Waals surface area contributed by atoms with Gasteiger partial charge < -0.3 is 81.6 Å². The number of aliphatic carboxylic acids is 1. The maximum atomic E-state index is 12.1. The molecule has 0 atom stereocenters. The second kappa shape index (κ2) is 29.6. The zero-order valence-electron chi connectivity index (χ0n) is 54.3. The standard InChI is InChI=1S/C19H23ClN2O4.C18H23ClN2O4.C13H15ClN2O2.C10H18N2O2.C8H7ClO3.CH4/c20-13-4-6-15(7-5-13)26-9-17(24)22-19-10-18(11-19,12-19)21-16(23)8-25-14-2-1-3-14;1-16(2,3)25-15(23)21-18-9-17(10-18,11-18)20-14(22)8-24-13-6-4-12(19)5-7-13;14-9-1-3-10(4-2-9)18-5-11(17)16-13-6-12(15,7-13)8-13;1-8(2,3)14-7(13)12-10-4-9(11,5-10)6-10;9-6-1-3-7(4-2-6)12-5-8(10)11;/h4-7,14H,1-3,8-12H2,(H,21,23)(H,22,24);4-7H,8-11H2,1-3H3,(H,20,22)(H,21,23);1-4H,5-8,15H2,(H,16,17);4-6,11H2,1-3H3,(H,12,13);1-4H,5H2,(H,10,11);1H4. The van der Waals surface area contributed by atoms with Crippen LogP contribution in [0.3, 0.4) is 0 Å². The van der Waals surface area contributed by atoms with Crippen molar-refractivity contribution in [2.24, 2.45) is 11.5 Å². The molecule has 524 valence electrons. The highest BCUT2D eigenvalue weighted by Crippen LogP contribution is 2.62. The number of rotatable bonds is 21. The Bertz CT molecular complexity index is 3360. The fourth-order valence-electron chi connectivity index (χ4n) is 13.9. The number of carbonyl (C=O) groups is 7. The van der Waals surface area contributed by atoms with Gasteiger partial charge in [-0.05, 0) is 235 Å². The summed E-state index contributed by atoms with van der Waals surface area (Å²) in [6.07, 6.45) is 12.8. The Hall–Kier alpha value is -6.99. The van der Waals surface area contributed by atoms with Gasteiger partial charge in [-0.3, -0.25) is 19.2 Å². The number of nitrogens with two attached hydrogens (primary N) is 2. The third-order valence-corrected chi connectivity index (χ3v) is 18.6. The molecule has 13 aliphatic carbocycles. The van der Waals surface area contributed by atoms with Crippen LogP contribution in [-0.4, -0.2) is 142 Å². The van der Waals surface area contributed by atoms with Crippen LogP contribution in [-0.2, 0) is 38.2 Å². The summed E-state index contributed by atoms with van der Waals surface area (Å²) in [4.78, 5) is 81.2. The molecule has 0 heterocycles. The molecule has 0 spiro atoms. The lowest BCUT2D eigenvalue weighted by Crippen LogP contribution is -2.84. The maximum absolute atomic E-state index is 12.1. The Morgan fingerprint density at radius 2 is 0.646 bits per heavy atom. The van der Waals surface area contributed by atoms with Gasteiger partial charge in [-0.25, -0.2) is 14.4 Å². The van der Waals surface area contributed by atoms with Crippen LogP contribution in [0.1, 0.15) is 145 Å². The zero-order chi connectivity index (χ0) is 68.9. The number of ether oxygens (including phenoxy) is 7. The Morgan fingerprint density at radius 3 is 0.885 bits per heavy atom. The van der Waals surface area contributed by atoms with E-state index in [0.717, 1.165) is 89.9 Å². The molecule has 0 unspecified atom stereocenters. The van der Waals surface area contributed by atoms with Gasteiger partial charge in [0.15, 0.2) is 26.4 Å². The maximum Gasteiger partial charge on any atom is 0.408 e. The lowest BCUT2D eigenvalue weighted by molar-refractivity contribution is -0.154. The van der Waals surface area contributed by atoms with E-state index in [4.69, 9.17) is 96.1 Å². The summed E-state index contributed by atoms with van der Waals surface area (Å²) in [7, 11) is 0. The monoisotopic (exact) mass is 1410 g/mol. The quantitative estimate of drug-likeness (QED) is 0.0374. The van der Waals surface area contributed by atoms with Gasteiger partial charge in [0.25, 0.3) is 17.7 Å². The molecular formula is C69H90Cl4N8O15. The highest BCUT2D eigenvalue weighted by molar-refractivity contribution is 6.31. The molecule has 0 aromatic heterocycles. The average molecular weight is 1410 g/mol. The molecule has 23 nitrogen and oxygen atoms in total. The number of carboxylic acid groups (broad SMARTS) is 1. The number of hydrogen-bond donors (Lipinski definition) is 9. The second-order valence-corrected chi connectivity index (χ2v) is 30.9. The first-order chi connectivity index (χ1) is 44.4. The average Bonchev–Trinajstić information content (AvgIpc) is 0.673. The summed E-state index contributed by atoms with van der Waals surface area (Å²) in [5, 5.41) is 28.7. The Kier molecular flexibility index (Phi) is 23.1. The minimum absolute atomic E-state index is 0. The minimum atomic E-state index is -0.995. The van der Waals surface area contributed by atoms with Gasteiger partial charge in [0.1, 0.15) is 40.8 Å². The van der Waals surface area contributed by atoms with E-state index in [1.807, 2.05) is 41.5 Å². The van der Waals surface area contributed by atoms with E-state index in [9.17, 15) is 33.6 Å². The molecule has 4 aromatic rings. The zero-order valence-corrected chi connectivity index (χ0v) is 57.3. The van der Waals surface area contributed by atoms with E-state index < -0.39 is 23.3 Å². The molecule has 0 saturated heterocycles. The number of nitrogens with one attached hydrogen (secondary N) is 6. The largest absolute Gasteiger partial charge is 0.484 e. The fraction of sp³-hybridized carbons (Fsp3) is 0.551. The predicted molar refractivity (Wildman–Crippen MR) is 363 cm³/mol. The molecule has 4 aromatic carbocycles. The summed E-state index contributed by atoms with van der Waals surface area (Å²) in [6.45, 7) is 10.8. The topological polar surface area (TPSA) is 329 Å². The summed E-state index contributed by atoms with van der Waals surface area (Å²) in [6, 6.07) is 27.2. The normalized spacial score (nSPS) is 27.8. The molecule has 8 bridgehead atoms. The van der Waals surface area contributed by atoms with Gasteiger partial charge in [0.2, 0.25) is 5.91 Å². The number of carbonyl (C=O) groups excluding carboxylic acids is 6. The fourth-order valence-corrected chi connectivity index (χ4v) is 14.4. The van der Waals surface area contributed by atoms with Crippen LogP contribution in [0.4, 0.5) is 9.59 Å². The molecule has 0 aliphatic heterocycles. The molecule has 0 radical (unpaired) electrons. The SMILES string of the molecule is C.CC(C)(C)OC(=O)NC12CC(N)(C1)C2.CC(C)(C)OC(=O)NC12CC(NC(=O)COc3ccc(Cl)cc3)(C1)C2.NC12CC(NC(=O)COc3ccc(Cl)cc3)(C1)C2.O=C(COc1ccc(Cl)cc1)NC12CC(NC(=O)COC3CCC3)(C1)C2.O=C(O)COc1ccc(Cl)cc1. The van der Waals surface area contributed by atoms with E-state index in [0.29, 0.717) is 43.1 Å². The van der Waals surface area contributed by atoms with Crippen molar-refractivity contribution < 1.29 is 71.8 Å². The van der Waals surface area contributed by atoms with Gasteiger partial charge in [-0.15, -0.1) is 0 Å². The molecular weight excluding hydrogens is 1320 g/mol. The van der Waals surface area contributed by atoms with E-state index in [1.54, 1.807) is 97.1 Å². The Morgan fingerprint density at radius 1 is 0.406 bits per heavy atom. The van der Waals surface area contributed by atoms with Crippen molar-refractivity contribution in [3.05, 3.63) is 117 Å². The molecule has 11 N–H and O–H groups in total. The van der Waals surface area contributed by atoms with Gasteiger partial charge >= 0.3 is 18.2 Å². The van der Waals surface area contributed by atoms with Crippen molar-refractivity contribution in [2.45, 2.75) is 207 Å².